The Morgan fingerprint density at radius 2 is 2.00 bits per heavy atom. The van der Waals surface area contributed by atoms with Gasteiger partial charge in [-0.2, -0.15) is 4.98 Å². The minimum atomic E-state index is -0.536. The molecule has 0 bridgehead atoms. The summed E-state index contributed by atoms with van der Waals surface area (Å²) in [6, 6.07) is 12.7. The molecule has 2 heterocycles. The number of aryl methyl sites for hydroxylation is 1. The number of hydrogen-bond donors (Lipinski definition) is 2. The quantitative estimate of drug-likeness (QED) is 0.491. The number of nitrogens with one attached hydrogen (secondary N) is 2. The van der Waals surface area contributed by atoms with Gasteiger partial charge in [0.15, 0.2) is 0 Å². The molecule has 8 nitrogen and oxygen atoms in total. The summed E-state index contributed by atoms with van der Waals surface area (Å²) < 4.78 is 12.8. The van der Waals surface area contributed by atoms with E-state index in [1.807, 2.05) is 57.2 Å². The van der Waals surface area contributed by atoms with Gasteiger partial charge in [0.1, 0.15) is 17.5 Å². The maximum absolute atomic E-state index is 13.6. The smallest absolute Gasteiger partial charge is 0.255 e. The highest BCUT2D eigenvalue weighted by Gasteiger charge is 2.36. The van der Waals surface area contributed by atoms with Gasteiger partial charge in [-0.15, -0.1) is 5.10 Å². The second kappa shape index (κ2) is 9.58. The van der Waals surface area contributed by atoms with Gasteiger partial charge in [0, 0.05) is 23.0 Å². The first-order valence-electron chi connectivity index (χ1n) is 10.6. The molecule has 1 unspecified atom stereocenters. The van der Waals surface area contributed by atoms with E-state index in [1.54, 1.807) is 36.7 Å². The van der Waals surface area contributed by atoms with Crippen LogP contribution in [0.3, 0.4) is 0 Å². The van der Waals surface area contributed by atoms with Crippen LogP contribution in [0.5, 0.6) is 11.5 Å². The van der Waals surface area contributed by atoms with Gasteiger partial charge >= 0.3 is 0 Å². The Balaban J connectivity index is 1.83. The Morgan fingerprint density at radius 1 is 1.18 bits per heavy atom. The second-order valence-corrected chi connectivity index (χ2v) is 8.82. The number of fused-ring (bicyclic) bond motifs is 1. The van der Waals surface area contributed by atoms with Gasteiger partial charge < -0.3 is 20.1 Å². The van der Waals surface area contributed by atoms with Crippen molar-refractivity contribution >= 4 is 29.3 Å². The molecule has 1 amide bonds. The number of nitrogens with zero attached hydrogens (tertiary/aromatic N) is 3. The van der Waals surface area contributed by atoms with Crippen molar-refractivity contribution in [1.82, 2.24) is 14.8 Å². The molecular formula is C24H27N5O3S. The maximum atomic E-state index is 13.6. The van der Waals surface area contributed by atoms with Crippen LogP contribution in [0.2, 0.25) is 0 Å². The van der Waals surface area contributed by atoms with E-state index >= 15 is 0 Å². The molecule has 1 atom stereocenters. The van der Waals surface area contributed by atoms with Crippen molar-refractivity contribution in [2.45, 2.75) is 32.0 Å². The van der Waals surface area contributed by atoms with E-state index in [0.29, 0.717) is 33.9 Å². The lowest BCUT2D eigenvalue weighted by Gasteiger charge is -2.29. The summed E-state index contributed by atoms with van der Waals surface area (Å²) >= 11 is 1.54. The van der Waals surface area contributed by atoms with E-state index in [-0.39, 0.29) is 5.91 Å². The molecule has 0 spiro atoms. The van der Waals surface area contributed by atoms with Gasteiger partial charge in [-0.25, -0.2) is 4.68 Å². The molecule has 9 heteroatoms. The van der Waals surface area contributed by atoms with E-state index in [2.05, 4.69) is 15.6 Å². The van der Waals surface area contributed by atoms with Gasteiger partial charge in [0.05, 0.1) is 19.8 Å². The molecule has 33 heavy (non-hydrogen) atoms. The summed E-state index contributed by atoms with van der Waals surface area (Å²) in [5.41, 5.74) is 3.81. The molecule has 0 saturated carbocycles. The highest BCUT2D eigenvalue weighted by Crippen LogP contribution is 2.41. The largest absolute Gasteiger partial charge is 0.497 e. The normalized spacial score (nSPS) is 15.0. The predicted molar refractivity (Wildman–Crippen MR) is 130 cm³/mol. The van der Waals surface area contributed by atoms with Crippen LogP contribution in [0.1, 0.15) is 31.0 Å². The van der Waals surface area contributed by atoms with Crippen molar-refractivity contribution in [2.75, 3.05) is 30.6 Å². The van der Waals surface area contributed by atoms with Crippen LogP contribution in [-0.2, 0) is 4.79 Å². The van der Waals surface area contributed by atoms with Crippen molar-refractivity contribution in [1.29, 1.82) is 0 Å². The van der Waals surface area contributed by atoms with Crippen LogP contribution in [0.15, 0.2) is 58.9 Å². The Bertz CT molecular complexity index is 1220. The maximum Gasteiger partial charge on any atom is 0.255 e. The van der Waals surface area contributed by atoms with E-state index in [4.69, 9.17) is 14.6 Å². The molecule has 1 aromatic heterocycles. The molecule has 0 fully saturated rings. The molecule has 1 aliphatic heterocycles. The average Bonchev–Trinajstić information content (AvgIpc) is 3.19. The van der Waals surface area contributed by atoms with E-state index < -0.39 is 6.04 Å². The van der Waals surface area contributed by atoms with E-state index in [9.17, 15) is 4.79 Å². The zero-order valence-corrected chi connectivity index (χ0v) is 20.1. The van der Waals surface area contributed by atoms with Crippen molar-refractivity contribution in [3.63, 3.8) is 0 Å². The van der Waals surface area contributed by atoms with E-state index in [0.717, 1.165) is 22.6 Å². The van der Waals surface area contributed by atoms with Gasteiger partial charge in [0.2, 0.25) is 11.1 Å². The van der Waals surface area contributed by atoms with Gasteiger partial charge in [-0.05, 0) is 49.4 Å². The minimum absolute atomic E-state index is 0.223. The number of thioether (sulfide) groups is 1. The van der Waals surface area contributed by atoms with Crippen LogP contribution < -0.4 is 20.1 Å². The summed E-state index contributed by atoms with van der Waals surface area (Å²) in [5, 5.41) is 11.6. The first-order chi connectivity index (χ1) is 15.9. The van der Waals surface area contributed by atoms with Crippen LogP contribution in [0, 0.1) is 6.92 Å². The Morgan fingerprint density at radius 3 is 2.70 bits per heavy atom. The summed E-state index contributed by atoms with van der Waals surface area (Å²) in [7, 11) is 3.20. The number of methoxy groups -OCH3 is 2. The highest BCUT2D eigenvalue weighted by atomic mass is 32.2. The average molecular weight is 466 g/mol. The van der Waals surface area contributed by atoms with Crippen LogP contribution in [0.25, 0.3) is 0 Å². The zero-order valence-electron chi connectivity index (χ0n) is 19.3. The third-order valence-corrected chi connectivity index (χ3v) is 6.08. The molecule has 2 N–H and O–H groups in total. The van der Waals surface area contributed by atoms with Crippen LogP contribution >= 0.6 is 11.8 Å². The van der Waals surface area contributed by atoms with Crippen LogP contribution in [-0.4, -0.2) is 40.6 Å². The molecule has 1 aliphatic rings. The molecule has 0 radical (unpaired) electrons. The number of amides is 1. The fourth-order valence-corrected chi connectivity index (χ4v) is 4.42. The third-order valence-electron chi connectivity index (χ3n) is 5.36. The minimum Gasteiger partial charge on any atom is -0.497 e. The fraction of sp³-hybridized carbons (Fsp3) is 0.292. The SMILES string of the molecule is CCSc1nc2n(n1)C(c1ccc(OC)cc1OC)C(C(=O)Nc1cccc(C)c1)=C(C)N2. The zero-order chi connectivity index (χ0) is 23.5. The fourth-order valence-electron chi connectivity index (χ4n) is 3.87. The predicted octanol–water partition coefficient (Wildman–Crippen LogP) is 4.64. The molecule has 172 valence electrons. The summed E-state index contributed by atoms with van der Waals surface area (Å²) in [4.78, 5) is 18.2. The number of ether oxygens (including phenoxy) is 2. The number of benzene rings is 2. The summed E-state index contributed by atoms with van der Waals surface area (Å²) in [6.07, 6.45) is 0. The summed E-state index contributed by atoms with van der Waals surface area (Å²) in [5.74, 6) is 2.46. The molecule has 0 aliphatic carbocycles. The number of allylic oxidation sites excluding steroid dienone is 1. The first kappa shape index (κ1) is 22.7. The Kier molecular flexibility index (Phi) is 6.60. The number of anilines is 2. The lowest BCUT2D eigenvalue weighted by atomic mass is 9.94. The van der Waals surface area contributed by atoms with Crippen molar-refractivity contribution in [2.24, 2.45) is 0 Å². The number of carbonyl (C=O) groups is 1. The Hall–Kier alpha value is -3.46. The van der Waals surface area contributed by atoms with Crippen molar-refractivity contribution < 1.29 is 14.3 Å². The number of hydrogen-bond acceptors (Lipinski definition) is 7. The summed E-state index contributed by atoms with van der Waals surface area (Å²) in [6.45, 7) is 5.91. The van der Waals surface area contributed by atoms with Gasteiger partial charge in [0.25, 0.3) is 5.91 Å². The topological polar surface area (TPSA) is 90.3 Å². The Labute approximate surface area is 197 Å². The lowest BCUT2D eigenvalue weighted by molar-refractivity contribution is -0.113. The standard InChI is InChI=1S/C24H27N5O3S/c1-6-33-24-27-23-25-15(3)20(22(30)26-16-9-7-8-14(2)12-16)21(29(23)28-24)18-11-10-17(31-4)13-19(18)32-5/h7-13,21H,6H2,1-5H3,(H,26,30)(H,25,27,28). The van der Waals surface area contributed by atoms with Gasteiger partial charge in [-0.3, -0.25) is 4.79 Å². The van der Waals surface area contributed by atoms with Crippen LogP contribution in [0.4, 0.5) is 11.6 Å². The molecule has 4 rings (SSSR count). The monoisotopic (exact) mass is 465 g/mol. The number of carbonyl (C=O) groups excluding carboxylic acids is 1. The third kappa shape index (κ3) is 4.54. The van der Waals surface area contributed by atoms with Crippen molar-refractivity contribution in [3.8, 4) is 11.5 Å². The number of rotatable bonds is 7. The second-order valence-electron chi connectivity index (χ2n) is 7.59. The van der Waals surface area contributed by atoms with Crippen molar-refractivity contribution in [3.05, 3.63) is 64.9 Å². The molecular weight excluding hydrogens is 438 g/mol. The first-order valence-corrected chi connectivity index (χ1v) is 11.6. The molecule has 2 aromatic carbocycles. The molecule has 0 saturated heterocycles. The highest BCUT2D eigenvalue weighted by molar-refractivity contribution is 7.99. The lowest BCUT2D eigenvalue weighted by Crippen LogP contribution is -2.31. The van der Waals surface area contributed by atoms with Gasteiger partial charge in [-0.1, -0.05) is 30.8 Å². The molecule has 3 aromatic rings. The number of aromatic nitrogens is 3. The van der Waals surface area contributed by atoms with E-state index in [1.165, 1.54) is 0 Å².